The fourth-order valence-electron chi connectivity index (χ4n) is 1.68. The first-order valence-electron chi connectivity index (χ1n) is 6.61. The number of halogens is 3. The molecule has 0 bridgehead atoms. The van der Waals surface area contributed by atoms with E-state index in [2.05, 4.69) is 17.6 Å². The van der Waals surface area contributed by atoms with Crippen molar-refractivity contribution in [3.63, 3.8) is 0 Å². The molecule has 0 aliphatic carbocycles. The third kappa shape index (κ3) is 5.95. The third-order valence-electron chi connectivity index (χ3n) is 2.77. The van der Waals surface area contributed by atoms with E-state index in [4.69, 9.17) is 0 Å². The highest BCUT2D eigenvalue weighted by molar-refractivity contribution is 5.73. The van der Waals surface area contributed by atoms with Gasteiger partial charge in [-0.05, 0) is 24.1 Å². The van der Waals surface area contributed by atoms with E-state index >= 15 is 0 Å². The van der Waals surface area contributed by atoms with Crippen LogP contribution >= 0.6 is 0 Å². The average molecular weight is 288 g/mol. The van der Waals surface area contributed by atoms with E-state index in [0.29, 0.717) is 12.1 Å². The van der Waals surface area contributed by atoms with Crippen LogP contribution in [0.4, 0.5) is 18.0 Å². The first-order chi connectivity index (χ1) is 9.43. The molecule has 2 amide bonds. The minimum absolute atomic E-state index is 0.0729. The van der Waals surface area contributed by atoms with E-state index in [-0.39, 0.29) is 12.6 Å². The molecule has 6 heteroatoms. The number of hydrogen-bond acceptors (Lipinski definition) is 1. The lowest BCUT2D eigenvalue weighted by molar-refractivity contribution is -0.137. The minimum Gasteiger partial charge on any atom is -0.338 e. The van der Waals surface area contributed by atoms with Crippen LogP contribution in [0.15, 0.2) is 24.3 Å². The highest BCUT2D eigenvalue weighted by atomic mass is 19.4. The van der Waals surface area contributed by atoms with Crippen LogP contribution < -0.4 is 10.6 Å². The normalized spacial score (nSPS) is 11.2. The van der Waals surface area contributed by atoms with Crippen molar-refractivity contribution < 1.29 is 18.0 Å². The second-order valence-electron chi connectivity index (χ2n) is 4.51. The van der Waals surface area contributed by atoms with E-state index in [1.54, 1.807) is 6.07 Å². The second kappa shape index (κ2) is 7.77. The lowest BCUT2D eigenvalue weighted by atomic mass is 10.1. The molecule has 0 atom stereocenters. The Bertz CT molecular complexity index is 433. The molecule has 0 aromatic heterocycles. The quantitative estimate of drug-likeness (QED) is 0.770. The largest absolute Gasteiger partial charge is 0.416 e. The van der Waals surface area contributed by atoms with Gasteiger partial charge in [-0.3, -0.25) is 0 Å². The first kappa shape index (κ1) is 16.3. The Morgan fingerprint density at radius 2 is 1.95 bits per heavy atom. The summed E-state index contributed by atoms with van der Waals surface area (Å²) >= 11 is 0. The molecular formula is C14H19F3N2O. The lowest BCUT2D eigenvalue weighted by Crippen LogP contribution is -2.35. The molecule has 0 fully saturated rings. The van der Waals surface area contributed by atoms with Gasteiger partial charge in [0.25, 0.3) is 0 Å². The maximum Gasteiger partial charge on any atom is 0.416 e. The van der Waals surface area contributed by atoms with Gasteiger partial charge in [-0.15, -0.1) is 0 Å². The molecule has 1 aromatic rings. The molecule has 3 nitrogen and oxygen atoms in total. The third-order valence-corrected chi connectivity index (χ3v) is 2.77. The van der Waals surface area contributed by atoms with E-state index in [0.717, 1.165) is 31.4 Å². The number of nitrogens with one attached hydrogen (secondary N) is 2. The number of urea groups is 1. The van der Waals surface area contributed by atoms with Crippen LogP contribution in [0.5, 0.6) is 0 Å². The number of hydrogen-bond donors (Lipinski definition) is 2. The molecule has 2 N–H and O–H groups in total. The predicted octanol–water partition coefficient (Wildman–Crippen LogP) is 3.69. The van der Waals surface area contributed by atoms with Crippen LogP contribution in [0.3, 0.4) is 0 Å². The van der Waals surface area contributed by atoms with Gasteiger partial charge in [-0.1, -0.05) is 31.9 Å². The average Bonchev–Trinajstić information content (AvgIpc) is 2.41. The van der Waals surface area contributed by atoms with Crippen LogP contribution in [0.25, 0.3) is 0 Å². The van der Waals surface area contributed by atoms with Crippen molar-refractivity contribution in [1.29, 1.82) is 0 Å². The fourth-order valence-corrected chi connectivity index (χ4v) is 1.68. The lowest BCUT2D eigenvalue weighted by Gasteiger charge is -2.10. The topological polar surface area (TPSA) is 41.1 Å². The Labute approximate surface area is 116 Å². The molecule has 1 rings (SSSR count). The van der Waals surface area contributed by atoms with Crippen molar-refractivity contribution in [2.45, 2.75) is 38.9 Å². The second-order valence-corrected chi connectivity index (χ2v) is 4.51. The molecule has 0 saturated carbocycles. The summed E-state index contributed by atoms with van der Waals surface area (Å²) in [5, 5.41) is 5.20. The summed E-state index contributed by atoms with van der Waals surface area (Å²) in [5.41, 5.74) is -0.288. The van der Waals surface area contributed by atoms with Crippen molar-refractivity contribution >= 4 is 6.03 Å². The number of benzene rings is 1. The number of rotatable bonds is 6. The summed E-state index contributed by atoms with van der Waals surface area (Å²) in [4.78, 5) is 11.4. The van der Waals surface area contributed by atoms with Gasteiger partial charge in [0.2, 0.25) is 0 Å². The van der Waals surface area contributed by atoms with Crippen LogP contribution in [-0.2, 0) is 12.7 Å². The zero-order valence-electron chi connectivity index (χ0n) is 11.4. The Morgan fingerprint density at radius 1 is 1.20 bits per heavy atom. The van der Waals surface area contributed by atoms with Gasteiger partial charge in [0, 0.05) is 13.1 Å². The molecule has 0 unspecified atom stereocenters. The molecular weight excluding hydrogens is 269 g/mol. The van der Waals surface area contributed by atoms with E-state index in [1.165, 1.54) is 6.07 Å². The van der Waals surface area contributed by atoms with E-state index in [9.17, 15) is 18.0 Å². The molecule has 0 radical (unpaired) electrons. The molecule has 0 saturated heterocycles. The van der Waals surface area contributed by atoms with E-state index < -0.39 is 11.7 Å². The minimum atomic E-state index is -4.36. The maximum atomic E-state index is 12.5. The summed E-state index contributed by atoms with van der Waals surface area (Å²) in [6, 6.07) is 4.57. The van der Waals surface area contributed by atoms with Gasteiger partial charge in [-0.25, -0.2) is 4.79 Å². The molecule has 112 valence electrons. The van der Waals surface area contributed by atoms with Gasteiger partial charge < -0.3 is 10.6 Å². The Morgan fingerprint density at radius 3 is 2.60 bits per heavy atom. The molecule has 0 heterocycles. The summed E-state index contributed by atoms with van der Waals surface area (Å²) in [6.45, 7) is 2.71. The van der Waals surface area contributed by atoms with Gasteiger partial charge >= 0.3 is 12.2 Å². The first-order valence-corrected chi connectivity index (χ1v) is 6.61. The van der Waals surface area contributed by atoms with Crippen molar-refractivity contribution in [2.24, 2.45) is 0 Å². The molecule has 0 aliphatic rings. The zero-order valence-corrected chi connectivity index (χ0v) is 11.4. The highest BCUT2D eigenvalue weighted by Gasteiger charge is 2.30. The SMILES string of the molecule is CCCCCNC(=O)NCc1cccc(C(F)(F)F)c1. The van der Waals surface area contributed by atoms with Gasteiger partial charge in [0.05, 0.1) is 5.56 Å². The molecule has 0 aliphatic heterocycles. The monoisotopic (exact) mass is 288 g/mol. The molecule has 1 aromatic carbocycles. The number of carbonyl (C=O) groups is 1. The Kier molecular flexibility index (Phi) is 6.35. The van der Waals surface area contributed by atoms with Crippen LogP contribution in [0.2, 0.25) is 0 Å². The fraction of sp³-hybridized carbons (Fsp3) is 0.500. The molecule has 20 heavy (non-hydrogen) atoms. The number of amides is 2. The van der Waals surface area contributed by atoms with Crippen molar-refractivity contribution in [3.05, 3.63) is 35.4 Å². The summed E-state index contributed by atoms with van der Waals surface area (Å²) < 4.78 is 37.5. The summed E-state index contributed by atoms with van der Waals surface area (Å²) in [5.74, 6) is 0. The number of unbranched alkanes of at least 4 members (excludes halogenated alkanes) is 2. The summed E-state index contributed by atoms with van der Waals surface area (Å²) in [6.07, 6.45) is -1.37. The van der Waals surface area contributed by atoms with Crippen LogP contribution in [-0.4, -0.2) is 12.6 Å². The number of carbonyl (C=O) groups excluding carboxylic acids is 1. The standard InChI is InChI=1S/C14H19F3N2O/c1-2-3-4-8-18-13(20)19-10-11-6-5-7-12(9-11)14(15,16)17/h5-7,9H,2-4,8,10H2,1H3,(H2,18,19,20). The Hall–Kier alpha value is -1.72. The van der Waals surface area contributed by atoms with Crippen molar-refractivity contribution in [2.75, 3.05) is 6.54 Å². The highest BCUT2D eigenvalue weighted by Crippen LogP contribution is 2.29. The predicted molar refractivity (Wildman–Crippen MR) is 71.2 cm³/mol. The Balaban J connectivity index is 2.40. The van der Waals surface area contributed by atoms with Crippen LogP contribution in [0.1, 0.15) is 37.3 Å². The maximum absolute atomic E-state index is 12.5. The van der Waals surface area contributed by atoms with Gasteiger partial charge in [0.15, 0.2) is 0 Å². The van der Waals surface area contributed by atoms with Crippen molar-refractivity contribution in [1.82, 2.24) is 10.6 Å². The van der Waals surface area contributed by atoms with Crippen LogP contribution in [0, 0.1) is 0 Å². The summed E-state index contributed by atoms with van der Waals surface area (Å²) in [7, 11) is 0. The van der Waals surface area contributed by atoms with Crippen molar-refractivity contribution in [3.8, 4) is 0 Å². The smallest absolute Gasteiger partial charge is 0.338 e. The van der Waals surface area contributed by atoms with Gasteiger partial charge in [0.1, 0.15) is 0 Å². The number of alkyl halides is 3. The zero-order chi connectivity index (χ0) is 15.0. The molecule has 0 spiro atoms. The van der Waals surface area contributed by atoms with E-state index in [1.807, 2.05) is 0 Å². The van der Waals surface area contributed by atoms with Gasteiger partial charge in [-0.2, -0.15) is 13.2 Å².